The minimum atomic E-state index is -2.79. The quantitative estimate of drug-likeness (QED) is 0.832. The Morgan fingerprint density at radius 3 is 2.80 bits per heavy atom. The maximum Gasteiger partial charge on any atom is 0.387 e. The van der Waals surface area contributed by atoms with Gasteiger partial charge in [0.2, 0.25) is 0 Å². The van der Waals surface area contributed by atoms with Gasteiger partial charge in [0.25, 0.3) is 0 Å². The molecule has 0 saturated heterocycles. The zero-order valence-electron chi connectivity index (χ0n) is 11.5. The fourth-order valence-corrected chi connectivity index (χ4v) is 3.17. The second kappa shape index (κ2) is 7.36. The fourth-order valence-electron chi connectivity index (χ4n) is 2.76. The van der Waals surface area contributed by atoms with Crippen LogP contribution in [0.25, 0.3) is 0 Å². The Bertz CT molecular complexity index is 442. The van der Waals surface area contributed by atoms with Crippen molar-refractivity contribution in [1.29, 1.82) is 0 Å². The van der Waals surface area contributed by atoms with Crippen LogP contribution >= 0.6 is 15.9 Å². The molecule has 5 heteroatoms. The summed E-state index contributed by atoms with van der Waals surface area (Å²) in [5, 5.41) is 3.48. The molecule has 0 radical (unpaired) electrons. The molecule has 1 saturated carbocycles. The summed E-state index contributed by atoms with van der Waals surface area (Å²) in [4.78, 5) is 0. The average Bonchev–Trinajstić information content (AvgIpc) is 2.40. The van der Waals surface area contributed by atoms with Crippen molar-refractivity contribution in [2.75, 3.05) is 0 Å². The maximum absolute atomic E-state index is 12.4. The van der Waals surface area contributed by atoms with E-state index in [1.165, 1.54) is 19.3 Å². The number of ether oxygens (including phenoxy) is 1. The standard InChI is InChI=1S/C15H20BrF2NO/c1-10-4-2-3-5-13(10)19-9-11-8-12(16)6-7-14(11)20-15(17)18/h6-8,10,13,15,19H,2-5,9H2,1H3. The Morgan fingerprint density at radius 1 is 1.35 bits per heavy atom. The lowest BCUT2D eigenvalue weighted by Crippen LogP contribution is -2.36. The second-order valence-electron chi connectivity index (χ2n) is 5.38. The minimum Gasteiger partial charge on any atom is -0.434 e. The SMILES string of the molecule is CC1CCCCC1NCc1cc(Br)ccc1OC(F)F. The van der Waals surface area contributed by atoms with Crippen molar-refractivity contribution in [2.24, 2.45) is 5.92 Å². The fraction of sp³-hybridized carbons (Fsp3) is 0.600. The van der Waals surface area contributed by atoms with Gasteiger partial charge in [-0.1, -0.05) is 35.7 Å². The number of alkyl halides is 2. The lowest BCUT2D eigenvalue weighted by molar-refractivity contribution is -0.0505. The molecule has 1 aliphatic carbocycles. The Kier molecular flexibility index (Phi) is 5.78. The molecule has 0 aromatic heterocycles. The molecule has 0 aliphatic heterocycles. The largest absolute Gasteiger partial charge is 0.434 e. The summed E-state index contributed by atoms with van der Waals surface area (Å²) in [7, 11) is 0. The van der Waals surface area contributed by atoms with Gasteiger partial charge in [-0.15, -0.1) is 0 Å². The molecule has 0 bridgehead atoms. The monoisotopic (exact) mass is 347 g/mol. The van der Waals surface area contributed by atoms with Gasteiger partial charge in [0, 0.05) is 22.6 Å². The van der Waals surface area contributed by atoms with E-state index in [-0.39, 0.29) is 5.75 Å². The highest BCUT2D eigenvalue weighted by molar-refractivity contribution is 9.10. The molecule has 1 fully saturated rings. The van der Waals surface area contributed by atoms with Gasteiger partial charge in [0.15, 0.2) is 0 Å². The molecule has 112 valence electrons. The summed E-state index contributed by atoms with van der Waals surface area (Å²) in [5.41, 5.74) is 0.762. The summed E-state index contributed by atoms with van der Waals surface area (Å²) in [6.07, 6.45) is 4.91. The van der Waals surface area contributed by atoms with E-state index in [2.05, 4.69) is 32.9 Å². The molecule has 1 aromatic rings. The van der Waals surface area contributed by atoms with E-state index in [4.69, 9.17) is 0 Å². The topological polar surface area (TPSA) is 21.3 Å². The van der Waals surface area contributed by atoms with Crippen LogP contribution in [0.1, 0.15) is 38.2 Å². The first-order valence-corrected chi connectivity index (χ1v) is 7.82. The van der Waals surface area contributed by atoms with Gasteiger partial charge in [0.1, 0.15) is 5.75 Å². The third-order valence-corrected chi connectivity index (χ3v) is 4.40. The predicted octanol–water partition coefficient (Wildman–Crippen LogP) is 4.72. The highest BCUT2D eigenvalue weighted by Gasteiger charge is 2.21. The molecule has 1 aromatic carbocycles. The molecule has 0 heterocycles. The van der Waals surface area contributed by atoms with Gasteiger partial charge < -0.3 is 10.1 Å². The third-order valence-electron chi connectivity index (χ3n) is 3.90. The summed E-state index contributed by atoms with van der Waals surface area (Å²) in [6.45, 7) is 0.00804. The Hall–Kier alpha value is -0.680. The first-order chi connectivity index (χ1) is 9.56. The summed E-state index contributed by atoms with van der Waals surface area (Å²) >= 11 is 3.37. The summed E-state index contributed by atoms with van der Waals surface area (Å²) in [5.74, 6) is 0.884. The maximum atomic E-state index is 12.4. The number of hydrogen-bond donors (Lipinski definition) is 1. The zero-order valence-corrected chi connectivity index (χ0v) is 13.1. The molecule has 1 aliphatic rings. The average molecular weight is 348 g/mol. The molecule has 2 atom stereocenters. The number of hydrogen-bond acceptors (Lipinski definition) is 2. The molecular formula is C15H20BrF2NO. The molecule has 20 heavy (non-hydrogen) atoms. The van der Waals surface area contributed by atoms with Gasteiger partial charge >= 0.3 is 6.61 Å². The molecule has 1 N–H and O–H groups in total. The highest BCUT2D eigenvalue weighted by Crippen LogP contribution is 2.27. The summed E-state index contributed by atoms with van der Waals surface area (Å²) < 4.78 is 30.2. The van der Waals surface area contributed by atoms with Crippen molar-refractivity contribution in [3.63, 3.8) is 0 Å². The van der Waals surface area contributed by atoms with Crippen LogP contribution in [0.4, 0.5) is 8.78 Å². The number of halogens is 3. The molecule has 0 amide bonds. The lowest BCUT2D eigenvalue weighted by atomic mass is 9.86. The van der Waals surface area contributed by atoms with E-state index in [1.54, 1.807) is 12.1 Å². The highest BCUT2D eigenvalue weighted by atomic mass is 79.9. The van der Waals surface area contributed by atoms with Crippen LogP contribution in [0.15, 0.2) is 22.7 Å². The smallest absolute Gasteiger partial charge is 0.387 e. The minimum absolute atomic E-state index is 0.249. The van der Waals surface area contributed by atoms with E-state index in [0.717, 1.165) is 16.5 Å². The Morgan fingerprint density at radius 2 is 2.10 bits per heavy atom. The van der Waals surface area contributed by atoms with Gasteiger partial charge in [-0.3, -0.25) is 0 Å². The number of rotatable bonds is 5. The van der Waals surface area contributed by atoms with E-state index in [9.17, 15) is 8.78 Å². The van der Waals surface area contributed by atoms with Crippen molar-refractivity contribution in [1.82, 2.24) is 5.32 Å². The third kappa shape index (κ3) is 4.42. The Balaban J connectivity index is 2.01. The van der Waals surface area contributed by atoms with Gasteiger partial charge in [-0.05, 0) is 37.0 Å². The first-order valence-electron chi connectivity index (χ1n) is 7.03. The van der Waals surface area contributed by atoms with Crippen molar-refractivity contribution in [3.8, 4) is 5.75 Å². The van der Waals surface area contributed by atoms with Crippen molar-refractivity contribution in [3.05, 3.63) is 28.2 Å². The van der Waals surface area contributed by atoms with Crippen molar-refractivity contribution >= 4 is 15.9 Å². The zero-order chi connectivity index (χ0) is 14.5. The van der Waals surface area contributed by atoms with E-state index in [1.807, 2.05) is 6.07 Å². The van der Waals surface area contributed by atoms with Crippen molar-refractivity contribution < 1.29 is 13.5 Å². The Labute approximate surface area is 127 Å². The molecule has 0 spiro atoms. The van der Waals surface area contributed by atoms with Crippen LogP contribution in [-0.2, 0) is 6.54 Å². The molecule has 2 unspecified atom stereocenters. The van der Waals surface area contributed by atoms with E-state index in [0.29, 0.717) is 18.5 Å². The van der Waals surface area contributed by atoms with Crippen LogP contribution in [0.3, 0.4) is 0 Å². The van der Waals surface area contributed by atoms with Crippen LogP contribution in [0, 0.1) is 5.92 Å². The first kappa shape index (κ1) is 15.7. The van der Waals surface area contributed by atoms with Crippen LogP contribution in [-0.4, -0.2) is 12.7 Å². The van der Waals surface area contributed by atoms with Gasteiger partial charge in [-0.25, -0.2) is 0 Å². The van der Waals surface area contributed by atoms with Gasteiger partial charge in [-0.2, -0.15) is 8.78 Å². The van der Waals surface area contributed by atoms with Crippen LogP contribution in [0.5, 0.6) is 5.75 Å². The van der Waals surface area contributed by atoms with Gasteiger partial charge in [0.05, 0.1) is 0 Å². The van der Waals surface area contributed by atoms with Crippen LogP contribution < -0.4 is 10.1 Å². The molecule has 2 rings (SSSR count). The normalized spacial score (nSPS) is 23.1. The van der Waals surface area contributed by atoms with E-state index < -0.39 is 6.61 Å². The summed E-state index contributed by atoms with van der Waals surface area (Å²) in [6, 6.07) is 5.59. The molecule has 2 nitrogen and oxygen atoms in total. The predicted molar refractivity (Wildman–Crippen MR) is 79.0 cm³/mol. The second-order valence-corrected chi connectivity index (χ2v) is 6.30. The lowest BCUT2D eigenvalue weighted by Gasteiger charge is -2.30. The number of benzene rings is 1. The number of nitrogens with one attached hydrogen (secondary N) is 1. The molecular weight excluding hydrogens is 328 g/mol. The van der Waals surface area contributed by atoms with E-state index >= 15 is 0 Å². The van der Waals surface area contributed by atoms with Crippen LogP contribution in [0.2, 0.25) is 0 Å². The van der Waals surface area contributed by atoms with Crippen molar-refractivity contribution in [2.45, 2.75) is 51.8 Å².